The summed E-state index contributed by atoms with van der Waals surface area (Å²) in [6.45, 7) is 6.62. The number of rotatable bonds is 5. The van der Waals surface area contributed by atoms with Crippen LogP contribution >= 0.6 is 0 Å². The maximum atomic E-state index is 14.2. The maximum absolute atomic E-state index is 14.2. The lowest BCUT2D eigenvalue weighted by Gasteiger charge is -2.34. The van der Waals surface area contributed by atoms with Crippen LogP contribution < -0.4 is 0 Å². The van der Waals surface area contributed by atoms with Gasteiger partial charge >= 0.3 is 5.97 Å². The minimum Gasteiger partial charge on any atom is -0.466 e. The van der Waals surface area contributed by atoms with E-state index in [2.05, 4.69) is 4.90 Å². The van der Waals surface area contributed by atoms with Crippen molar-refractivity contribution in [3.63, 3.8) is 0 Å². The van der Waals surface area contributed by atoms with Crippen LogP contribution in [0.3, 0.4) is 0 Å². The lowest BCUT2D eigenvalue weighted by atomic mass is 9.99. The van der Waals surface area contributed by atoms with E-state index in [0.29, 0.717) is 38.5 Å². The molecule has 0 bridgehead atoms. The average Bonchev–Trinajstić information content (AvgIpc) is 2.49. The predicted molar refractivity (Wildman–Crippen MR) is 77.5 cm³/mol. The first-order valence-electron chi connectivity index (χ1n) is 7.35. The van der Waals surface area contributed by atoms with Crippen LogP contribution in [0.1, 0.15) is 30.5 Å². The molecule has 0 aromatic heterocycles. The minimum absolute atomic E-state index is 0.161. The first-order chi connectivity index (χ1) is 10.1. The van der Waals surface area contributed by atoms with Crippen molar-refractivity contribution < 1.29 is 18.7 Å². The molecule has 21 heavy (non-hydrogen) atoms. The second kappa shape index (κ2) is 7.52. The van der Waals surface area contributed by atoms with Crippen molar-refractivity contribution in [1.29, 1.82) is 0 Å². The van der Waals surface area contributed by atoms with E-state index in [-0.39, 0.29) is 24.2 Å². The number of ether oxygens (including phenoxy) is 2. The first-order valence-corrected chi connectivity index (χ1v) is 7.35. The number of aryl methyl sites for hydroxylation is 1. The zero-order valence-corrected chi connectivity index (χ0v) is 12.6. The van der Waals surface area contributed by atoms with Gasteiger partial charge in [-0.25, -0.2) is 4.39 Å². The predicted octanol–water partition coefficient (Wildman–Crippen LogP) is 2.46. The van der Waals surface area contributed by atoms with E-state index in [1.54, 1.807) is 13.0 Å². The molecule has 4 nitrogen and oxygen atoms in total. The summed E-state index contributed by atoms with van der Waals surface area (Å²) in [6, 6.07) is 4.71. The van der Waals surface area contributed by atoms with Gasteiger partial charge in [-0.2, -0.15) is 0 Å². The van der Waals surface area contributed by atoms with E-state index in [0.717, 1.165) is 5.56 Å². The molecule has 0 N–H and O–H groups in total. The number of hydrogen-bond acceptors (Lipinski definition) is 4. The number of halogens is 1. The summed E-state index contributed by atoms with van der Waals surface area (Å²) in [5.41, 5.74) is 1.54. The summed E-state index contributed by atoms with van der Waals surface area (Å²) in [6.07, 6.45) is 0.161. The summed E-state index contributed by atoms with van der Waals surface area (Å²) in [7, 11) is 0. The third-order valence-corrected chi connectivity index (χ3v) is 3.66. The zero-order valence-electron chi connectivity index (χ0n) is 12.6. The minimum atomic E-state index is -0.298. The Hall–Kier alpha value is -1.46. The highest BCUT2D eigenvalue weighted by Gasteiger charge is 2.27. The molecule has 116 valence electrons. The SMILES string of the molecule is CCOC(=O)CC(c1cc(C)ccc1F)N1CCOCC1. The Labute approximate surface area is 124 Å². The maximum Gasteiger partial charge on any atom is 0.307 e. The van der Waals surface area contributed by atoms with Gasteiger partial charge in [0, 0.05) is 24.7 Å². The number of benzene rings is 1. The molecule has 1 aliphatic heterocycles. The van der Waals surface area contributed by atoms with Gasteiger partial charge in [-0.05, 0) is 19.9 Å². The fourth-order valence-electron chi connectivity index (χ4n) is 2.62. The van der Waals surface area contributed by atoms with Crippen LogP contribution in [0.25, 0.3) is 0 Å². The molecule has 1 aliphatic rings. The highest BCUT2D eigenvalue weighted by Crippen LogP contribution is 2.28. The monoisotopic (exact) mass is 295 g/mol. The van der Waals surface area contributed by atoms with E-state index < -0.39 is 0 Å². The molecular formula is C16H22FNO3. The highest BCUT2D eigenvalue weighted by atomic mass is 19.1. The average molecular weight is 295 g/mol. The lowest BCUT2D eigenvalue weighted by molar-refractivity contribution is -0.145. The second-order valence-electron chi connectivity index (χ2n) is 5.20. The van der Waals surface area contributed by atoms with Crippen LogP contribution in [0.5, 0.6) is 0 Å². The van der Waals surface area contributed by atoms with Gasteiger partial charge in [0.05, 0.1) is 26.2 Å². The van der Waals surface area contributed by atoms with Crippen LogP contribution in [-0.4, -0.2) is 43.8 Å². The number of hydrogen-bond donors (Lipinski definition) is 0. The Bertz CT molecular complexity index is 486. The number of nitrogens with zero attached hydrogens (tertiary/aromatic N) is 1. The fraction of sp³-hybridized carbons (Fsp3) is 0.562. The van der Waals surface area contributed by atoms with Crippen molar-refractivity contribution in [3.05, 3.63) is 35.1 Å². The molecule has 1 aromatic carbocycles. The quantitative estimate of drug-likeness (QED) is 0.782. The summed E-state index contributed by atoms with van der Waals surface area (Å²) >= 11 is 0. The van der Waals surface area contributed by atoms with Gasteiger partial charge in [-0.3, -0.25) is 9.69 Å². The Morgan fingerprint density at radius 1 is 1.43 bits per heavy atom. The molecule has 0 radical (unpaired) electrons. The number of morpholine rings is 1. The number of carbonyl (C=O) groups excluding carboxylic acids is 1. The van der Waals surface area contributed by atoms with Gasteiger partial charge in [-0.15, -0.1) is 0 Å². The van der Waals surface area contributed by atoms with Crippen LogP contribution in [0.15, 0.2) is 18.2 Å². The Morgan fingerprint density at radius 2 is 2.14 bits per heavy atom. The van der Waals surface area contributed by atoms with Crippen molar-refractivity contribution >= 4 is 5.97 Å². The standard InChI is InChI=1S/C16H22FNO3/c1-3-21-16(19)11-15(18-6-8-20-9-7-18)13-10-12(2)4-5-14(13)17/h4-5,10,15H,3,6-9,11H2,1-2H3. The molecule has 0 aliphatic carbocycles. The van der Waals surface area contributed by atoms with Gasteiger partial charge in [0.2, 0.25) is 0 Å². The molecule has 1 atom stereocenters. The van der Waals surface area contributed by atoms with E-state index >= 15 is 0 Å². The van der Waals surface area contributed by atoms with E-state index in [1.807, 2.05) is 13.0 Å². The summed E-state index contributed by atoms with van der Waals surface area (Å²) < 4.78 is 24.6. The molecule has 1 saturated heterocycles. The molecular weight excluding hydrogens is 273 g/mol. The van der Waals surface area contributed by atoms with Gasteiger partial charge in [0.1, 0.15) is 5.82 Å². The van der Waals surface area contributed by atoms with E-state index in [1.165, 1.54) is 6.07 Å². The van der Waals surface area contributed by atoms with Crippen LogP contribution in [0, 0.1) is 12.7 Å². The Morgan fingerprint density at radius 3 is 2.81 bits per heavy atom. The number of esters is 1. The molecule has 0 amide bonds. The third kappa shape index (κ3) is 4.25. The van der Waals surface area contributed by atoms with Crippen LogP contribution in [-0.2, 0) is 14.3 Å². The molecule has 2 rings (SSSR count). The molecule has 5 heteroatoms. The van der Waals surface area contributed by atoms with Crippen LogP contribution in [0.2, 0.25) is 0 Å². The van der Waals surface area contributed by atoms with Crippen molar-refractivity contribution in [2.75, 3.05) is 32.9 Å². The fourth-order valence-corrected chi connectivity index (χ4v) is 2.62. The van der Waals surface area contributed by atoms with Crippen molar-refractivity contribution in [1.82, 2.24) is 4.90 Å². The van der Waals surface area contributed by atoms with Crippen LogP contribution in [0.4, 0.5) is 4.39 Å². The summed E-state index contributed by atoms with van der Waals surface area (Å²) in [4.78, 5) is 14.0. The van der Waals surface area contributed by atoms with E-state index in [4.69, 9.17) is 9.47 Å². The molecule has 1 aromatic rings. The molecule has 0 saturated carbocycles. The second-order valence-corrected chi connectivity index (χ2v) is 5.20. The van der Waals surface area contributed by atoms with Crippen molar-refractivity contribution in [3.8, 4) is 0 Å². The van der Waals surface area contributed by atoms with E-state index in [9.17, 15) is 9.18 Å². The Kier molecular flexibility index (Phi) is 5.70. The normalized spacial score (nSPS) is 17.5. The molecule has 1 fully saturated rings. The molecule has 1 heterocycles. The summed E-state index contributed by atoms with van der Waals surface area (Å²) in [5, 5.41) is 0. The molecule has 1 unspecified atom stereocenters. The van der Waals surface area contributed by atoms with Gasteiger partial charge in [0.15, 0.2) is 0 Å². The Balaban J connectivity index is 2.25. The zero-order chi connectivity index (χ0) is 15.2. The number of carbonyl (C=O) groups is 1. The lowest BCUT2D eigenvalue weighted by Crippen LogP contribution is -2.40. The third-order valence-electron chi connectivity index (χ3n) is 3.66. The first kappa shape index (κ1) is 15.9. The smallest absolute Gasteiger partial charge is 0.307 e. The molecule has 0 spiro atoms. The topological polar surface area (TPSA) is 38.8 Å². The van der Waals surface area contributed by atoms with Crippen molar-refractivity contribution in [2.24, 2.45) is 0 Å². The largest absolute Gasteiger partial charge is 0.466 e. The van der Waals surface area contributed by atoms with Gasteiger partial charge in [-0.1, -0.05) is 17.7 Å². The van der Waals surface area contributed by atoms with Gasteiger partial charge in [0.25, 0.3) is 0 Å². The van der Waals surface area contributed by atoms with Crippen molar-refractivity contribution in [2.45, 2.75) is 26.3 Å². The highest BCUT2D eigenvalue weighted by molar-refractivity contribution is 5.70. The summed E-state index contributed by atoms with van der Waals surface area (Å²) in [5.74, 6) is -0.573. The van der Waals surface area contributed by atoms with Gasteiger partial charge < -0.3 is 9.47 Å².